The number of hydrogen-bond donors (Lipinski definition) is 2. The lowest BCUT2D eigenvalue weighted by Gasteiger charge is -2.30. The van der Waals surface area contributed by atoms with Gasteiger partial charge in [0.2, 0.25) is 0 Å². The van der Waals surface area contributed by atoms with Crippen molar-refractivity contribution in [2.24, 2.45) is 11.8 Å². The van der Waals surface area contributed by atoms with Crippen LogP contribution in [0.1, 0.15) is 67.3 Å². The zero-order chi connectivity index (χ0) is 28.4. The lowest BCUT2D eigenvalue weighted by atomic mass is 9.79. The molecule has 1 atom stereocenters. The Morgan fingerprint density at radius 2 is 1.85 bits per heavy atom. The topological polar surface area (TPSA) is 101 Å². The lowest BCUT2D eigenvalue weighted by Crippen LogP contribution is -2.31. The van der Waals surface area contributed by atoms with Crippen molar-refractivity contribution in [1.29, 1.82) is 0 Å². The number of carbonyl (C=O) groups is 1. The molecule has 3 aromatic rings. The molecule has 2 N–H and O–H groups in total. The smallest absolute Gasteiger partial charge is 0.391 e. The van der Waals surface area contributed by atoms with Crippen LogP contribution in [0, 0.1) is 11.8 Å². The molecule has 212 valence electrons. The van der Waals surface area contributed by atoms with Gasteiger partial charge in [-0.25, -0.2) is 8.42 Å². The summed E-state index contributed by atoms with van der Waals surface area (Å²) in [6, 6.07) is 9.38. The number of fused-ring (bicyclic) bond motifs is 1. The van der Waals surface area contributed by atoms with Crippen molar-refractivity contribution in [2.45, 2.75) is 69.6 Å². The minimum Gasteiger partial charge on any atom is -0.394 e. The second kappa shape index (κ2) is 11.7. The van der Waals surface area contributed by atoms with E-state index in [-0.39, 0.29) is 29.4 Å². The van der Waals surface area contributed by atoms with Crippen molar-refractivity contribution in [2.75, 3.05) is 12.4 Å². The number of rotatable bonds is 9. The van der Waals surface area contributed by atoms with Gasteiger partial charge >= 0.3 is 6.18 Å². The molecule has 1 aliphatic rings. The number of carbonyl (C=O) groups excluding carboxylic acids is 1. The Bertz CT molecular complexity index is 1410. The zero-order valence-electron chi connectivity index (χ0n) is 22.0. The first-order chi connectivity index (χ1) is 18.5. The zero-order valence-corrected chi connectivity index (χ0v) is 22.9. The predicted octanol–water partition coefficient (Wildman–Crippen LogP) is 5.22. The van der Waals surface area contributed by atoms with Crippen LogP contribution in [0.5, 0.6) is 0 Å². The van der Waals surface area contributed by atoms with Crippen molar-refractivity contribution in [3.8, 4) is 0 Å². The predicted molar refractivity (Wildman–Crippen MR) is 142 cm³/mol. The van der Waals surface area contributed by atoms with Gasteiger partial charge in [0, 0.05) is 34.9 Å². The Morgan fingerprint density at radius 1 is 1.13 bits per heavy atom. The van der Waals surface area contributed by atoms with E-state index in [4.69, 9.17) is 0 Å². The van der Waals surface area contributed by atoms with Crippen molar-refractivity contribution >= 4 is 26.6 Å². The first-order valence-corrected chi connectivity index (χ1v) is 14.9. The summed E-state index contributed by atoms with van der Waals surface area (Å²) >= 11 is 0. The number of aliphatic hydroxyl groups is 1. The molecule has 39 heavy (non-hydrogen) atoms. The molecule has 0 bridgehead atoms. The fourth-order valence-electron chi connectivity index (χ4n) is 5.40. The van der Waals surface area contributed by atoms with Crippen LogP contribution in [0.25, 0.3) is 10.9 Å². The van der Waals surface area contributed by atoms with Crippen molar-refractivity contribution in [3.63, 3.8) is 0 Å². The number of aromatic nitrogens is 2. The minimum absolute atomic E-state index is 0.0582. The average Bonchev–Trinajstić information content (AvgIpc) is 3.27. The van der Waals surface area contributed by atoms with Crippen molar-refractivity contribution in [1.82, 2.24) is 14.9 Å². The van der Waals surface area contributed by atoms with Gasteiger partial charge in [-0.05, 0) is 81.3 Å². The molecule has 0 aliphatic heterocycles. The van der Waals surface area contributed by atoms with E-state index >= 15 is 0 Å². The molecule has 4 rings (SSSR count). The van der Waals surface area contributed by atoms with E-state index in [1.807, 2.05) is 19.1 Å². The van der Waals surface area contributed by atoms with Gasteiger partial charge in [-0.15, -0.1) is 0 Å². The summed E-state index contributed by atoms with van der Waals surface area (Å²) in [5.74, 6) is -1.49. The van der Waals surface area contributed by atoms with Gasteiger partial charge in [0.15, 0.2) is 9.84 Å². The Morgan fingerprint density at radius 3 is 2.41 bits per heavy atom. The van der Waals surface area contributed by atoms with Crippen LogP contribution in [0.2, 0.25) is 0 Å². The molecule has 1 aliphatic carbocycles. The molecule has 1 aromatic carbocycles. The average molecular weight is 566 g/mol. The highest BCUT2D eigenvalue weighted by Crippen LogP contribution is 2.40. The Labute approximate surface area is 226 Å². The second-order valence-corrected chi connectivity index (χ2v) is 12.4. The highest BCUT2D eigenvalue weighted by molar-refractivity contribution is 7.91. The molecule has 11 heteroatoms. The molecular weight excluding hydrogens is 531 g/mol. The highest BCUT2D eigenvalue weighted by Gasteiger charge is 2.41. The molecule has 1 unspecified atom stereocenters. The Hall–Kier alpha value is -2.92. The van der Waals surface area contributed by atoms with Gasteiger partial charge in [-0.3, -0.25) is 9.78 Å². The van der Waals surface area contributed by atoms with Gasteiger partial charge in [0.25, 0.3) is 5.91 Å². The number of aryl methyl sites for hydroxylation is 1. The molecule has 1 fully saturated rings. The van der Waals surface area contributed by atoms with Crippen LogP contribution >= 0.6 is 0 Å². The van der Waals surface area contributed by atoms with E-state index in [1.165, 1.54) is 25.3 Å². The number of sulfone groups is 1. The van der Waals surface area contributed by atoms with Crippen molar-refractivity contribution < 1.29 is 31.5 Å². The third-order valence-electron chi connectivity index (χ3n) is 7.72. The quantitative estimate of drug-likeness (QED) is 0.370. The van der Waals surface area contributed by atoms with E-state index in [0.717, 1.165) is 16.6 Å². The third-order valence-corrected chi connectivity index (χ3v) is 9.44. The number of pyridine rings is 1. The summed E-state index contributed by atoms with van der Waals surface area (Å²) in [7, 11) is -3.42. The fourth-order valence-corrected chi connectivity index (χ4v) is 6.23. The molecule has 0 radical (unpaired) electrons. The first kappa shape index (κ1) is 29.1. The standard InChI is InChI=1S/C28H34F3N3O4S/c1-3-34-22(13-18-5-8-21(9-6-18)28(29,30)31)15-20-14-19(7-12-26(20)34)27(36)33-25(17-35)24-11-10-23(16-32-24)39(37,38)4-2/h7,10-12,14-16,18,21,25,35H,3-6,8-9,13,17H2,1-2H3,(H,33,36)/t18-,21+,25?. The van der Waals surface area contributed by atoms with E-state index in [1.54, 1.807) is 12.1 Å². The van der Waals surface area contributed by atoms with E-state index in [0.29, 0.717) is 37.1 Å². The van der Waals surface area contributed by atoms with Gasteiger partial charge in [-0.1, -0.05) is 6.92 Å². The molecular formula is C28H34F3N3O4S. The summed E-state index contributed by atoms with van der Waals surface area (Å²) in [4.78, 5) is 17.3. The number of benzene rings is 1. The maximum atomic E-state index is 13.1. The SMILES string of the molecule is CCn1c(C[C@H]2CC[C@@H](C(F)(F)F)CC2)cc2cc(C(=O)NC(CO)c3ccc(S(=O)(=O)CC)cn3)ccc21. The van der Waals surface area contributed by atoms with Crippen LogP contribution in [-0.2, 0) is 22.8 Å². The third kappa shape index (κ3) is 6.46. The van der Waals surface area contributed by atoms with Crippen LogP contribution < -0.4 is 5.32 Å². The van der Waals surface area contributed by atoms with Gasteiger partial charge in [0.05, 0.1) is 34.9 Å². The lowest BCUT2D eigenvalue weighted by molar-refractivity contribution is -0.183. The maximum absolute atomic E-state index is 13.1. The number of amides is 1. The normalized spacial score (nSPS) is 19.2. The highest BCUT2D eigenvalue weighted by atomic mass is 32.2. The summed E-state index contributed by atoms with van der Waals surface area (Å²) in [5, 5.41) is 13.5. The summed E-state index contributed by atoms with van der Waals surface area (Å²) < 4.78 is 65.3. The molecule has 7 nitrogen and oxygen atoms in total. The minimum atomic E-state index is -4.12. The number of nitrogens with zero attached hydrogens (tertiary/aromatic N) is 2. The summed E-state index contributed by atoms with van der Waals surface area (Å²) in [6.07, 6.45) is -0.775. The van der Waals surface area contributed by atoms with E-state index in [2.05, 4.69) is 14.9 Å². The second-order valence-electron chi connectivity index (χ2n) is 10.1. The number of hydrogen-bond acceptors (Lipinski definition) is 5. The molecule has 0 saturated heterocycles. The van der Waals surface area contributed by atoms with Crippen molar-refractivity contribution in [3.05, 3.63) is 59.5 Å². The molecule has 1 saturated carbocycles. The molecule has 0 spiro atoms. The fraction of sp³-hybridized carbons (Fsp3) is 0.500. The van der Waals surface area contributed by atoms with E-state index in [9.17, 15) is 31.5 Å². The van der Waals surface area contributed by atoms with Crippen LogP contribution in [-0.4, -0.2) is 47.5 Å². The number of aliphatic hydroxyl groups excluding tert-OH is 1. The first-order valence-electron chi connectivity index (χ1n) is 13.3. The van der Waals surface area contributed by atoms with Gasteiger partial charge in [-0.2, -0.15) is 13.2 Å². The monoisotopic (exact) mass is 565 g/mol. The van der Waals surface area contributed by atoms with Crippen LogP contribution in [0.15, 0.2) is 47.5 Å². The van der Waals surface area contributed by atoms with Gasteiger partial charge in [0.1, 0.15) is 0 Å². The number of alkyl halides is 3. The largest absolute Gasteiger partial charge is 0.394 e. The summed E-state index contributed by atoms with van der Waals surface area (Å²) in [5.41, 5.74) is 2.71. The maximum Gasteiger partial charge on any atom is 0.391 e. The van der Waals surface area contributed by atoms with E-state index < -0.39 is 40.5 Å². The molecule has 2 aromatic heterocycles. The Kier molecular flexibility index (Phi) is 8.70. The molecule has 2 heterocycles. The Balaban J connectivity index is 1.48. The summed E-state index contributed by atoms with van der Waals surface area (Å²) in [6.45, 7) is 3.83. The van der Waals surface area contributed by atoms with Crippen LogP contribution in [0.3, 0.4) is 0 Å². The number of halogens is 3. The number of nitrogens with one attached hydrogen (secondary N) is 1. The van der Waals surface area contributed by atoms with Crippen LogP contribution in [0.4, 0.5) is 13.2 Å². The molecule has 1 amide bonds. The van der Waals surface area contributed by atoms with Gasteiger partial charge < -0.3 is 15.0 Å².